The van der Waals surface area contributed by atoms with Crippen molar-refractivity contribution in [1.29, 1.82) is 0 Å². The van der Waals surface area contributed by atoms with Gasteiger partial charge in [-0.2, -0.15) is 11.8 Å². The van der Waals surface area contributed by atoms with E-state index in [9.17, 15) is 4.79 Å². The van der Waals surface area contributed by atoms with Gasteiger partial charge in [0.05, 0.1) is 16.0 Å². The number of nitrogens with one attached hydrogen (secondary N) is 1. The van der Waals surface area contributed by atoms with E-state index in [2.05, 4.69) is 41.4 Å². The quantitative estimate of drug-likeness (QED) is 0.533. The number of hydrogen-bond donors (Lipinski definition) is 1. The van der Waals surface area contributed by atoms with Gasteiger partial charge in [0.25, 0.3) is 0 Å². The first kappa shape index (κ1) is 22.5. The van der Waals surface area contributed by atoms with Crippen LogP contribution in [0, 0.1) is 12.8 Å². The largest absolute Gasteiger partial charge is 0.355 e. The van der Waals surface area contributed by atoms with Crippen LogP contribution in [0.25, 0.3) is 0 Å². The molecule has 1 heterocycles. The normalized spacial score (nSPS) is 17.3. The SMILES string of the molecule is Cc1cccc(CN2CCCC(C(=O)NCCSCc3ccc(Cl)c(Cl)c3)C2)c1. The molecule has 1 unspecified atom stereocenters. The second-order valence-electron chi connectivity index (χ2n) is 7.66. The Morgan fingerprint density at radius 3 is 2.83 bits per heavy atom. The molecule has 0 aliphatic carbocycles. The first-order chi connectivity index (χ1) is 14.0. The summed E-state index contributed by atoms with van der Waals surface area (Å²) in [7, 11) is 0. The van der Waals surface area contributed by atoms with Crippen LogP contribution in [0.15, 0.2) is 42.5 Å². The number of rotatable bonds is 8. The summed E-state index contributed by atoms with van der Waals surface area (Å²) in [4.78, 5) is 15.0. The molecular weight excluding hydrogens is 423 g/mol. The fourth-order valence-electron chi connectivity index (χ4n) is 3.69. The number of aryl methyl sites for hydroxylation is 1. The fourth-order valence-corrected chi connectivity index (χ4v) is 4.82. The van der Waals surface area contributed by atoms with Crippen LogP contribution in [-0.4, -0.2) is 36.2 Å². The highest BCUT2D eigenvalue weighted by Gasteiger charge is 2.25. The molecule has 1 saturated heterocycles. The van der Waals surface area contributed by atoms with Gasteiger partial charge in [0.15, 0.2) is 0 Å². The van der Waals surface area contributed by atoms with E-state index in [1.165, 1.54) is 11.1 Å². The van der Waals surface area contributed by atoms with E-state index in [4.69, 9.17) is 23.2 Å². The summed E-state index contributed by atoms with van der Waals surface area (Å²) in [6.07, 6.45) is 2.06. The number of halogens is 2. The fraction of sp³-hybridized carbons (Fsp3) is 0.435. The Balaban J connectivity index is 1.37. The first-order valence-corrected chi connectivity index (χ1v) is 12.0. The molecule has 0 radical (unpaired) electrons. The monoisotopic (exact) mass is 450 g/mol. The Bertz CT molecular complexity index is 830. The number of likely N-dealkylation sites (tertiary alicyclic amines) is 1. The number of piperidine rings is 1. The third-order valence-electron chi connectivity index (χ3n) is 5.16. The lowest BCUT2D eigenvalue weighted by molar-refractivity contribution is -0.126. The number of benzene rings is 2. The second-order valence-corrected chi connectivity index (χ2v) is 9.57. The lowest BCUT2D eigenvalue weighted by atomic mass is 9.96. The van der Waals surface area contributed by atoms with E-state index in [0.29, 0.717) is 16.6 Å². The Labute approximate surface area is 188 Å². The van der Waals surface area contributed by atoms with Crippen LogP contribution >= 0.6 is 35.0 Å². The number of carbonyl (C=O) groups is 1. The van der Waals surface area contributed by atoms with E-state index in [-0.39, 0.29) is 11.8 Å². The van der Waals surface area contributed by atoms with Crippen LogP contribution in [0.1, 0.15) is 29.5 Å². The van der Waals surface area contributed by atoms with Gasteiger partial charge in [0.1, 0.15) is 0 Å². The maximum absolute atomic E-state index is 12.6. The van der Waals surface area contributed by atoms with Crippen LogP contribution < -0.4 is 5.32 Å². The molecule has 0 bridgehead atoms. The molecule has 3 rings (SSSR count). The van der Waals surface area contributed by atoms with E-state index in [0.717, 1.165) is 49.5 Å². The van der Waals surface area contributed by atoms with Crippen molar-refractivity contribution in [2.75, 3.05) is 25.4 Å². The molecular formula is C23H28Cl2N2OS. The van der Waals surface area contributed by atoms with Crippen LogP contribution in [0.4, 0.5) is 0 Å². The molecule has 29 heavy (non-hydrogen) atoms. The molecule has 0 aromatic heterocycles. The van der Waals surface area contributed by atoms with Crippen molar-refractivity contribution in [3.8, 4) is 0 Å². The van der Waals surface area contributed by atoms with Crippen molar-refractivity contribution in [1.82, 2.24) is 10.2 Å². The van der Waals surface area contributed by atoms with Gasteiger partial charge in [-0.1, -0.05) is 59.1 Å². The third-order valence-corrected chi connectivity index (χ3v) is 6.93. The first-order valence-electron chi connectivity index (χ1n) is 10.1. The van der Waals surface area contributed by atoms with Crippen molar-refractivity contribution in [2.45, 2.75) is 32.1 Å². The predicted molar refractivity (Wildman–Crippen MR) is 125 cm³/mol. The van der Waals surface area contributed by atoms with Crippen LogP contribution in [0.2, 0.25) is 10.0 Å². The van der Waals surface area contributed by atoms with E-state index in [1.54, 1.807) is 11.8 Å². The maximum atomic E-state index is 12.6. The zero-order valence-corrected chi connectivity index (χ0v) is 19.1. The van der Waals surface area contributed by atoms with Crippen LogP contribution in [0.3, 0.4) is 0 Å². The van der Waals surface area contributed by atoms with E-state index < -0.39 is 0 Å². The summed E-state index contributed by atoms with van der Waals surface area (Å²) < 4.78 is 0. The zero-order chi connectivity index (χ0) is 20.6. The molecule has 1 fully saturated rings. The molecule has 0 saturated carbocycles. The van der Waals surface area contributed by atoms with Crippen molar-refractivity contribution < 1.29 is 4.79 Å². The molecule has 3 nitrogen and oxygen atoms in total. The lowest BCUT2D eigenvalue weighted by Gasteiger charge is -2.32. The molecule has 2 aromatic rings. The highest BCUT2D eigenvalue weighted by atomic mass is 35.5. The average Bonchev–Trinajstić information content (AvgIpc) is 2.70. The predicted octanol–water partition coefficient (Wildman–Crippen LogP) is 5.56. The minimum Gasteiger partial charge on any atom is -0.355 e. The Morgan fingerprint density at radius 2 is 2.03 bits per heavy atom. The molecule has 1 aliphatic heterocycles. The molecule has 0 spiro atoms. The van der Waals surface area contributed by atoms with E-state index >= 15 is 0 Å². The number of carbonyl (C=O) groups excluding carboxylic acids is 1. The summed E-state index contributed by atoms with van der Waals surface area (Å²) in [6.45, 7) is 5.65. The smallest absolute Gasteiger partial charge is 0.224 e. The lowest BCUT2D eigenvalue weighted by Crippen LogP contribution is -2.43. The molecule has 2 aromatic carbocycles. The maximum Gasteiger partial charge on any atom is 0.224 e. The third kappa shape index (κ3) is 7.21. The number of nitrogens with zero attached hydrogens (tertiary/aromatic N) is 1. The molecule has 1 N–H and O–H groups in total. The highest BCUT2D eigenvalue weighted by molar-refractivity contribution is 7.98. The summed E-state index contributed by atoms with van der Waals surface area (Å²) in [5.41, 5.74) is 3.76. The van der Waals surface area contributed by atoms with Gasteiger partial charge in [0, 0.05) is 31.1 Å². The minimum absolute atomic E-state index is 0.0913. The summed E-state index contributed by atoms with van der Waals surface area (Å²) in [5.74, 6) is 2.02. The van der Waals surface area contributed by atoms with Crippen molar-refractivity contribution >= 4 is 40.9 Å². The topological polar surface area (TPSA) is 32.3 Å². The standard InChI is InChI=1S/C23H28Cl2N2OS/c1-17-4-2-5-18(12-17)14-27-10-3-6-20(15-27)23(28)26-9-11-29-16-19-7-8-21(24)22(25)13-19/h2,4-5,7-8,12-13,20H,3,6,9-11,14-16H2,1H3,(H,26,28). The number of thioether (sulfide) groups is 1. The van der Waals surface area contributed by atoms with Crippen molar-refractivity contribution in [3.63, 3.8) is 0 Å². The van der Waals surface area contributed by atoms with Gasteiger partial charge in [0.2, 0.25) is 5.91 Å². The molecule has 156 valence electrons. The van der Waals surface area contributed by atoms with Crippen LogP contribution in [-0.2, 0) is 17.1 Å². The van der Waals surface area contributed by atoms with Gasteiger partial charge in [-0.15, -0.1) is 0 Å². The summed E-state index contributed by atoms with van der Waals surface area (Å²) in [5, 5.41) is 4.29. The summed E-state index contributed by atoms with van der Waals surface area (Å²) in [6, 6.07) is 14.3. The Kier molecular flexibility index (Phi) is 8.73. The Morgan fingerprint density at radius 1 is 1.17 bits per heavy atom. The van der Waals surface area contributed by atoms with Gasteiger partial charge in [-0.3, -0.25) is 9.69 Å². The number of hydrogen-bond acceptors (Lipinski definition) is 3. The molecule has 6 heteroatoms. The zero-order valence-electron chi connectivity index (χ0n) is 16.8. The van der Waals surface area contributed by atoms with Gasteiger partial charge in [-0.25, -0.2) is 0 Å². The van der Waals surface area contributed by atoms with E-state index in [1.807, 2.05) is 18.2 Å². The van der Waals surface area contributed by atoms with Gasteiger partial charge < -0.3 is 5.32 Å². The van der Waals surface area contributed by atoms with Crippen molar-refractivity contribution in [2.24, 2.45) is 5.92 Å². The van der Waals surface area contributed by atoms with Crippen LogP contribution in [0.5, 0.6) is 0 Å². The second kappa shape index (κ2) is 11.3. The molecule has 1 aliphatic rings. The number of amides is 1. The highest BCUT2D eigenvalue weighted by Crippen LogP contribution is 2.24. The van der Waals surface area contributed by atoms with Gasteiger partial charge in [-0.05, 0) is 49.6 Å². The summed E-state index contributed by atoms with van der Waals surface area (Å²) >= 11 is 13.8. The molecule has 1 atom stereocenters. The van der Waals surface area contributed by atoms with Gasteiger partial charge >= 0.3 is 0 Å². The van der Waals surface area contributed by atoms with Crippen molar-refractivity contribution in [3.05, 3.63) is 69.2 Å². The average molecular weight is 451 g/mol. The molecule has 1 amide bonds. The Hall–Kier alpha value is -1.20. The minimum atomic E-state index is 0.0913.